The first-order chi connectivity index (χ1) is 8.81. The summed E-state index contributed by atoms with van der Waals surface area (Å²) in [5.74, 6) is 0. The van der Waals surface area contributed by atoms with Crippen LogP contribution >= 0.6 is 0 Å². The minimum absolute atomic E-state index is 0.850. The molecule has 100 valence electrons. The van der Waals surface area contributed by atoms with Gasteiger partial charge in [-0.25, -0.2) is 0 Å². The van der Waals surface area contributed by atoms with E-state index >= 15 is 0 Å². The quantitative estimate of drug-likeness (QED) is 0.779. The van der Waals surface area contributed by atoms with E-state index < -0.39 is 0 Å². The van der Waals surface area contributed by atoms with Gasteiger partial charge in [-0.1, -0.05) is 38.0 Å². The smallest absolute Gasteiger partial charge is 0.0346 e. The SMILES string of the molecule is CCN(CCCc1ccccc1N)C1CCCC1. The molecule has 2 heteroatoms. The number of nitrogens with two attached hydrogens (primary N) is 1. The van der Waals surface area contributed by atoms with Crippen molar-refractivity contribution in [3.63, 3.8) is 0 Å². The van der Waals surface area contributed by atoms with Crippen LogP contribution in [-0.2, 0) is 6.42 Å². The average molecular weight is 246 g/mol. The molecule has 18 heavy (non-hydrogen) atoms. The van der Waals surface area contributed by atoms with Crippen molar-refractivity contribution in [3.8, 4) is 0 Å². The van der Waals surface area contributed by atoms with E-state index in [1.165, 1.54) is 50.8 Å². The summed E-state index contributed by atoms with van der Waals surface area (Å²) >= 11 is 0. The molecule has 1 aromatic carbocycles. The normalized spacial score (nSPS) is 16.6. The molecule has 0 atom stereocenters. The fraction of sp³-hybridized carbons (Fsp3) is 0.625. The van der Waals surface area contributed by atoms with Crippen molar-refractivity contribution < 1.29 is 0 Å². The number of benzene rings is 1. The Labute approximate surface area is 111 Å². The lowest BCUT2D eigenvalue weighted by Gasteiger charge is -2.27. The van der Waals surface area contributed by atoms with Crippen LogP contribution in [0, 0.1) is 0 Å². The Morgan fingerprint density at radius 3 is 2.61 bits per heavy atom. The highest BCUT2D eigenvalue weighted by Crippen LogP contribution is 2.23. The molecule has 1 fully saturated rings. The summed E-state index contributed by atoms with van der Waals surface area (Å²) in [5, 5.41) is 0. The van der Waals surface area contributed by atoms with E-state index in [1.807, 2.05) is 12.1 Å². The molecule has 1 aliphatic rings. The summed E-state index contributed by atoms with van der Waals surface area (Å²) in [6, 6.07) is 9.10. The molecule has 0 aliphatic heterocycles. The molecule has 2 rings (SSSR count). The topological polar surface area (TPSA) is 29.3 Å². The Kier molecular flexibility index (Phi) is 5.06. The van der Waals surface area contributed by atoms with Crippen molar-refractivity contribution in [3.05, 3.63) is 29.8 Å². The first-order valence-corrected chi connectivity index (χ1v) is 7.38. The van der Waals surface area contributed by atoms with Crippen molar-refractivity contribution in [2.75, 3.05) is 18.8 Å². The molecule has 2 N–H and O–H groups in total. The zero-order chi connectivity index (χ0) is 12.8. The largest absolute Gasteiger partial charge is 0.399 e. The molecule has 1 aliphatic carbocycles. The summed E-state index contributed by atoms with van der Waals surface area (Å²) in [4.78, 5) is 2.66. The van der Waals surface area contributed by atoms with E-state index in [4.69, 9.17) is 5.73 Å². The van der Waals surface area contributed by atoms with E-state index in [9.17, 15) is 0 Å². The number of aryl methyl sites for hydroxylation is 1. The third kappa shape index (κ3) is 3.49. The summed E-state index contributed by atoms with van der Waals surface area (Å²) in [7, 11) is 0. The van der Waals surface area contributed by atoms with Gasteiger partial charge in [-0.15, -0.1) is 0 Å². The second-order valence-corrected chi connectivity index (χ2v) is 5.37. The van der Waals surface area contributed by atoms with Gasteiger partial charge in [0.05, 0.1) is 0 Å². The first kappa shape index (κ1) is 13.4. The molecule has 0 radical (unpaired) electrons. The van der Waals surface area contributed by atoms with Gasteiger partial charge in [0.25, 0.3) is 0 Å². The lowest BCUT2D eigenvalue weighted by molar-refractivity contribution is 0.207. The third-order valence-electron chi connectivity index (χ3n) is 4.19. The molecular weight excluding hydrogens is 220 g/mol. The number of nitrogen functional groups attached to an aromatic ring is 1. The standard InChI is InChI=1S/C16H26N2/c1-2-18(15-10-4-5-11-15)13-7-9-14-8-3-6-12-16(14)17/h3,6,8,12,15H,2,4-5,7,9-11,13,17H2,1H3. The van der Waals surface area contributed by atoms with Crippen LogP contribution in [0.1, 0.15) is 44.6 Å². The number of rotatable bonds is 6. The highest BCUT2D eigenvalue weighted by Gasteiger charge is 2.20. The van der Waals surface area contributed by atoms with Gasteiger partial charge < -0.3 is 10.6 Å². The number of anilines is 1. The summed E-state index contributed by atoms with van der Waals surface area (Å²) in [5.41, 5.74) is 8.23. The first-order valence-electron chi connectivity index (χ1n) is 7.38. The monoisotopic (exact) mass is 246 g/mol. The maximum atomic E-state index is 5.98. The number of para-hydroxylation sites is 1. The second-order valence-electron chi connectivity index (χ2n) is 5.37. The maximum Gasteiger partial charge on any atom is 0.0346 e. The van der Waals surface area contributed by atoms with Crippen LogP contribution in [0.15, 0.2) is 24.3 Å². The summed E-state index contributed by atoms with van der Waals surface area (Å²) < 4.78 is 0. The fourth-order valence-electron chi connectivity index (χ4n) is 3.10. The van der Waals surface area contributed by atoms with Gasteiger partial charge in [-0.05, 0) is 50.4 Å². The predicted molar refractivity (Wildman–Crippen MR) is 78.7 cm³/mol. The van der Waals surface area contributed by atoms with Gasteiger partial charge in [-0.3, -0.25) is 0 Å². The molecule has 2 nitrogen and oxygen atoms in total. The van der Waals surface area contributed by atoms with Crippen LogP contribution in [-0.4, -0.2) is 24.0 Å². The molecule has 0 aromatic heterocycles. The number of nitrogens with zero attached hydrogens (tertiary/aromatic N) is 1. The minimum Gasteiger partial charge on any atom is -0.399 e. The van der Waals surface area contributed by atoms with Crippen LogP contribution in [0.2, 0.25) is 0 Å². The Morgan fingerprint density at radius 1 is 1.22 bits per heavy atom. The molecule has 0 spiro atoms. The van der Waals surface area contributed by atoms with Crippen LogP contribution in [0.3, 0.4) is 0 Å². The van der Waals surface area contributed by atoms with Gasteiger partial charge in [-0.2, -0.15) is 0 Å². The van der Waals surface area contributed by atoms with Crippen LogP contribution < -0.4 is 5.73 Å². The van der Waals surface area contributed by atoms with Gasteiger partial charge >= 0.3 is 0 Å². The maximum absolute atomic E-state index is 5.98. The highest BCUT2D eigenvalue weighted by molar-refractivity contribution is 5.46. The van der Waals surface area contributed by atoms with Crippen LogP contribution in [0.25, 0.3) is 0 Å². The molecular formula is C16H26N2. The van der Waals surface area contributed by atoms with Gasteiger partial charge in [0.15, 0.2) is 0 Å². The lowest BCUT2D eigenvalue weighted by Crippen LogP contribution is -2.34. The zero-order valence-electron chi connectivity index (χ0n) is 11.6. The highest BCUT2D eigenvalue weighted by atomic mass is 15.1. The van der Waals surface area contributed by atoms with Crippen molar-refractivity contribution in [2.45, 2.75) is 51.5 Å². The molecule has 0 unspecified atom stereocenters. The van der Waals surface area contributed by atoms with E-state index in [0.717, 1.165) is 18.2 Å². The molecule has 1 aromatic rings. The third-order valence-corrected chi connectivity index (χ3v) is 4.19. The molecule has 0 heterocycles. The van der Waals surface area contributed by atoms with Crippen molar-refractivity contribution >= 4 is 5.69 Å². The molecule has 1 saturated carbocycles. The van der Waals surface area contributed by atoms with E-state index in [2.05, 4.69) is 24.0 Å². The molecule has 0 saturated heterocycles. The van der Waals surface area contributed by atoms with Gasteiger partial charge in [0.1, 0.15) is 0 Å². The van der Waals surface area contributed by atoms with Gasteiger partial charge in [0, 0.05) is 11.7 Å². The molecule has 0 bridgehead atoms. The zero-order valence-corrected chi connectivity index (χ0v) is 11.6. The second kappa shape index (κ2) is 6.79. The van der Waals surface area contributed by atoms with Crippen LogP contribution in [0.4, 0.5) is 5.69 Å². The van der Waals surface area contributed by atoms with Gasteiger partial charge in [0.2, 0.25) is 0 Å². The lowest BCUT2D eigenvalue weighted by atomic mass is 10.1. The summed E-state index contributed by atoms with van der Waals surface area (Å²) in [6.45, 7) is 4.69. The van der Waals surface area contributed by atoms with Crippen molar-refractivity contribution in [1.29, 1.82) is 0 Å². The van der Waals surface area contributed by atoms with E-state index in [-0.39, 0.29) is 0 Å². The number of hydrogen-bond acceptors (Lipinski definition) is 2. The number of hydrogen-bond donors (Lipinski definition) is 1. The molecule has 0 amide bonds. The Bertz CT molecular complexity index is 356. The summed E-state index contributed by atoms with van der Waals surface area (Å²) in [6.07, 6.45) is 7.98. The van der Waals surface area contributed by atoms with E-state index in [0.29, 0.717) is 0 Å². The Hall–Kier alpha value is -1.02. The minimum atomic E-state index is 0.850. The predicted octanol–water partition coefficient (Wildman–Crippen LogP) is 3.47. The Morgan fingerprint density at radius 2 is 1.94 bits per heavy atom. The van der Waals surface area contributed by atoms with E-state index in [1.54, 1.807) is 0 Å². The average Bonchev–Trinajstić information content (AvgIpc) is 2.90. The fourth-order valence-corrected chi connectivity index (χ4v) is 3.10. The van der Waals surface area contributed by atoms with Crippen molar-refractivity contribution in [2.24, 2.45) is 0 Å². The Balaban J connectivity index is 1.78. The van der Waals surface area contributed by atoms with Crippen LogP contribution in [0.5, 0.6) is 0 Å². The van der Waals surface area contributed by atoms with Crippen molar-refractivity contribution in [1.82, 2.24) is 4.90 Å².